The van der Waals surface area contributed by atoms with E-state index in [0.29, 0.717) is 38.0 Å². The lowest BCUT2D eigenvalue weighted by Gasteiger charge is -2.37. The second-order valence-corrected chi connectivity index (χ2v) is 11.3. The molecule has 0 unspecified atom stereocenters. The van der Waals surface area contributed by atoms with E-state index in [1.807, 2.05) is 25.2 Å². The van der Waals surface area contributed by atoms with E-state index in [4.69, 9.17) is 44.1 Å². The quantitative estimate of drug-likeness (QED) is 0.235. The number of anilines is 1. The minimum atomic E-state index is -0.937. The first-order chi connectivity index (χ1) is 18.8. The molecule has 1 saturated carbocycles. The number of ether oxygens (including phenoxy) is 1. The summed E-state index contributed by atoms with van der Waals surface area (Å²) < 4.78 is 12.1. The molecule has 0 amide bonds. The normalized spacial score (nSPS) is 16.7. The number of hydrogen-bond donors (Lipinski definition) is 1. The van der Waals surface area contributed by atoms with E-state index in [0.717, 1.165) is 53.8 Å². The van der Waals surface area contributed by atoms with Crippen molar-refractivity contribution in [3.05, 3.63) is 97.7 Å². The average Bonchev–Trinajstić information content (AvgIpc) is 3.67. The number of aromatic carboxylic acids is 1. The van der Waals surface area contributed by atoms with Crippen molar-refractivity contribution in [2.45, 2.75) is 44.2 Å². The zero-order valence-corrected chi connectivity index (χ0v) is 23.4. The van der Waals surface area contributed by atoms with Gasteiger partial charge < -0.3 is 19.3 Å². The lowest BCUT2D eigenvalue weighted by molar-refractivity contribution is 0.0696. The Balaban J connectivity index is 1.27. The Morgan fingerprint density at radius 1 is 1.05 bits per heavy atom. The molecule has 1 aliphatic heterocycles. The van der Waals surface area contributed by atoms with Gasteiger partial charge in [0, 0.05) is 24.6 Å². The summed E-state index contributed by atoms with van der Waals surface area (Å²) in [6, 6.07) is 16.3. The molecule has 1 aliphatic carbocycles. The Morgan fingerprint density at radius 3 is 2.51 bits per heavy atom. The van der Waals surface area contributed by atoms with Crippen LogP contribution in [0.15, 0.2) is 59.1 Å². The van der Waals surface area contributed by atoms with Crippen LogP contribution in [0.25, 0.3) is 11.3 Å². The molecule has 1 atom stereocenters. The molecule has 39 heavy (non-hydrogen) atoms. The first-order valence-electron chi connectivity index (χ1n) is 12.8. The van der Waals surface area contributed by atoms with Crippen LogP contribution in [0, 0.1) is 0 Å². The van der Waals surface area contributed by atoms with Crippen LogP contribution in [0.1, 0.15) is 64.0 Å². The van der Waals surface area contributed by atoms with Gasteiger partial charge in [0.05, 0.1) is 37.9 Å². The molecule has 9 heteroatoms. The highest BCUT2D eigenvalue weighted by molar-refractivity contribution is 6.39. The van der Waals surface area contributed by atoms with Crippen molar-refractivity contribution in [2.75, 3.05) is 11.9 Å². The second-order valence-electron chi connectivity index (χ2n) is 10.0. The maximum Gasteiger partial charge on any atom is 0.335 e. The number of hydrogen-bond acceptors (Lipinski definition) is 5. The smallest absolute Gasteiger partial charge is 0.335 e. The number of halogens is 3. The topological polar surface area (TPSA) is 75.8 Å². The van der Waals surface area contributed by atoms with E-state index < -0.39 is 5.97 Å². The van der Waals surface area contributed by atoms with Crippen LogP contribution in [-0.4, -0.2) is 23.3 Å². The van der Waals surface area contributed by atoms with Gasteiger partial charge in [0.2, 0.25) is 0 Å². The molecule has 3 aromatic carbocycles. The Hall–Kier alpha value is -3.19. The molecule has 1 aromatic heterocycles. The monoisotopic (exact) mass is 582 g/mol. The molecule has 6 nitrogen and oxygen atoms in total. The zero-order chi connectivity index (χ0) is 27.3. The van der Waals surface area contributed by atoms with Crippen LogP contribution in [0.2, 0.25) is 15.1 Å². The Kier molecular flexibility index (Phi) is 6.96. The van der Waals surface area contributed by atoms with Gasteiger partial charge in [-0.2, -0.15) is 0 Å². The van der Waals surface area contributed by atoms with Crippen molar-refractivity contribution < 1.29 is 19.2 Å². The van der Waals surface area contributed by atoms with E-state index in [1.165, 1.54) is 0 Å². The van der Waals surface area contributed by atoms with Crippen LogP contribution >= 0.6 is 34.8 Å². The molecular weight excluding hydrogens is 559 g/mol. The lowest BCUT2D eigenvalue weighted by Crippen LogP contribution is -2.29. The fraction of sp³-hybridized carbons (Fsp3) is 0.267. The second kappa shape index (κ2) is 10.4. The lowest BCUT2D eigenvalue weighted by atomic mass is 9.91. The van der Waals surface area contributed by atoms with Crippen LogP contribution in [0.3, 0.4) is 0 Å². The van der Waals surface area contributed by atoms with Gasteiger partial charge in [0.1, 0.15) is 23.8 Å². The van der Waals surface area contributed by atoms with E-state index in [2.05, 4.69) is 10.1 Å². The molecule has 2 heterocycles. The molecule has 6 rings (SSSR count). The number of nitrogens with zero attached hydrogens (tertiary/aromatic N) is 2. The highest BCUT2D eigenvalue weighted by Gasteiger charge is 2.34. The maximum atomic E-state index is 11.5. The van der Waals surface area contributed by atoms with Crippen molar-refractivity contribution >= 4 is 46.5 Å². The van der Waals surface area contributed by atoms with E-state index in [1.54, 1.807) is 36.4 Å². The number of aromatic nitrogens is 1. The predicted molar refractivity (Wildman–Crippen MR) is 153 cm³/mol. The van der Waals surface area contributed by atoms with E-state index >= 15 is 0 Å². The maximum absolute atomic E-state index is 11.5. The summed E-state index contributed by atoms with van der Waals surface area (Å²) in [5, 5.41) is 15.3. The molecule has 0 saturated heterocycles. The van der Waals surface area contributed by atoms with Crippen LogP contribution in [0.4, 0.5) is 5.69 Å². The first-order valence-corrected chi connectivity index (χ1v) is 13.9. The summed E-state index contributed by atoms with van der Waals surface area (Å²) in [4.78, 5) is 13.6. The van der Waals surface area contributed by atoms with Gasteiger partial charge in [0.15, 0.2) is 0 Å². The van der Waals surface area contributed by atoms with Crippen molar-refractivity contribution in [3.8, 4) is 17.0 Å². The fourth-order valence-electron chi connectivity index (χ4n) is 5.41. The van der Waals surface area contributed by atoms with Gasteiger partial charge >= 0.3 is 5.97 Å². The number of fused-ring (bicyclic) bond motifs is 1. The van der Waals surface area contributed by atoms with Crippen molar-refractivity contribution in [1.29, 1.82) is 0 Å². The van der Waals surface area contributed by atoms with Crippen LogP contribution < -0.4 is 9.64 Å². The van der Waals surface area contributed by atoms with Gasteiger partial charge in [-0.15, -0.1) is 0 Å². The number of aryl methyl sites for hydroxylation is 1. The van der Waals surface area contributed by atoms with Gasteiger partial charge in [-0.1, -0.05) is 58.2 Å². The van der Waals surface area contributed by atoms with Gasteiger partial charge in [-0.05, 0) is 67.1 Å². The SMILES string of the molecule is CN1c2c(Cl)cc(OCc3c(-c4c(Cl)cccc4Cl)noc3C3CC3)cc2CC[C@H]1c1cccc(C(=O)O)c1. The summed E-state index contributed by atoms with van der Waals surface area (Å²) >= 11 is 19.8. The molecule has 4 aromatic rings. The van der Waals surface area contributed by atoms with Gasteiger partial charge in [-0.3, -0.25) is 0 Å². The van der Waals surface area contributed by atoms with Gasteiger partial charge in [-0.25, -0.2) is 4.79 Å². The number of benzene rings is 3. The van der Waals surface area contributed by atoms with Crippen molar-refractivity contribution in [2.24, 2.45) is 0 Å². The standard InChI is InChI=1S/C30H25Cl3N2O4/c1-35-25(17-4-2-5-19(12-17)30(36)37)11-10-18-13-20(14-24(33)28(18)35)38-15-21-27(34-39-29(21)16-8-9-16)26-22(31)6-3-7-23(26)32/h2-7,12-14,16,25H,8-11,15H2,1H3,(H,36,37)/t25-/m0/s1. The molecule has 1 fully saturated rings. The summed E-state index contributed by atoms with van der Waals surface area (Å²) in [6.07, 6.45) is 3.69. The largest absolute Gasteiger partial charge is 0.489 e. The van der Waals surface area contributed by atoms with E-state index in [9.17, 15) is 9.90 Å². The first kappa shape index (κ1) is 26.1. The molecule has 0 bridgehead atoms. The fourth-order valence-corrected chi connectivity index (χ4v) is 6.35. The van der Waals surface area contributed by atoms with Crippen molar-refractivity contribution in [1.82, 2.24) is 5.16 Å². The summed E-state index contributed by atoms with van der Waals surface area (Å²) in [6.45, 7) is 0.238. The molecule has 2 aliphatic rings. The molecule has 1 N–H and O–H groups in total. The van der Waals surface area contributed by atoms with E-state index in [-0.39, 0.29) is 18.2 Å². The van der Waals surface area contributed by atoms with Crippen LogP contribution in [0.5, 0.6) is 5.75 Å². The molecule has 0 radical (unpaired) electrons. The minimum absolute atomic E-state index is 0.0158. The number of carbonyl (C=O) groups is 1. The van der Waals surface area contributed by atoms with Crippen LogP contribution in [-0.2, 0) is 13.0 Å². The summed E-state index contributed by atoms with van der Waals surface area (Å²) in [5.74, 6) is 0.852. The molecule has 0 spiro atoms. The third-order valence-electron chi connectivity index (χ3n) is 7.49. The summed E-state index contributed by atoms with van der Waals surface area (Å²) in [5.41, 5.74) is 5.31. The minimum Gasteiger partial charge on any atom is -0.489 e. The Bertz CT molecular complexity index is 1560. The molecular formula is C30H25Cl3N2O4. The highest BCUT2D eigenvalue weighted by Crippen LogP contribution is 2.47. The zero-order valence-electron chi connectivity index (χ0n) is 21.1. The van der Waals surface area contributed by atoms with Gasteiger partial charge in [0.25, 0.3) is 0 Å². The number of carboxylic acids is 1. The molecule has 200 valence electrons. The average molecular weight is 584 g/mol. The third-order valence-corrected chi connectivity index (χ3v) is 8.41. The third kappa shape index (κ3) is 4.97. The highest BCUT2D eigenvalue weighted by atomic mass is 35.5. The summed E-state index contributed by atoms with van der Waals surface area (Å²) in [7, 11) is 1.99. The Labute approximate surface area is 241 Å². The van der Waals surface area contributed by atoms with Crippen molar-refractivity contribution in [3.63, 3.8) is 0 Å². The number of carboxylic acid groups (broad SMARTS) is 1. The Morgan fingerprint density at radius 2 is 1.79 bits per heavy atom. The number of rotatable bonds is 7. The predicted octanol–water partition coefficient (Wildman–Crippen LogP) is 8.58.